The number of ether oxygens (including phenoxy) is 3. The van der Waals surface area contributed by atoms with Gasteiger partial charge in [-0.05, 0) is 41.3 Å². The lowest BCUT2D eigenvalue weighted by atomic mass is 9.91. The molecule has 2 aromatic carbocycles. The summed E-state index contributed by atoms with van der Waals surface area (Å²) in [5.41, 5.74) is 2.65. The van der Waals surface area contributed by atoms with Crippen LogP contribution >= 0.6 is 0 Å². The molecule has 1 aliphatic carbocycles. The Labute approximate surface area is 185 Å². The van der Waals surface area contributed by atoms with Crippen molar-refractivity contribution in [2.45, 2.75) is 31.5 Å². The Bertz CT molecular complexity index is 1020. The van der Waals surface area contributed by atoms with E-state index in [4.69, 9.17) is 14.2 Å². The molecule has 1 fully saturated rings. The molecule has 2 unspecified atom stereocenters. The Balaban J connectivity index is 1.52. The lowest BCUT2D eigenvalue weighted by Gasteiger charge is -2.27. The maximum absolute atomic E-state index is 14.8. The van der Waals surface area contributed by atoms with Crippen molar-refractivity contribution in [3.63, 3.8) is 0 Å². The van der Waals surface area contributed by atoms with Crippen molar-refractivity contribution in [3.05, 3.63) is 90.0 Å². The fourth-order valence-electron chi connectivity index (χ4n) is 3.85. The van der Waals surface area contributed by atoms with Crippen LogP contribution in [0.15, 0.2) is 73.0 Å². The van der Waals surface area contributed by atoms with E-state index in [9.17, 15) is 13.2 Å². The third kappa shape index (κ3) is 4.66. The van der Waals surface area contributed by atoms with Crippen molar-refractivity contribution >= 4 is 5.57 Å². The predicted molar refractivity (Wildman–Crippen MR) is 118 cm³/mol. The first kappa shape index (κ1) is 22.4. The molecule has 1 saturated heterocycles. The minimum atomic E-state index is -1.88. The average Bonchev–Trinajstić information content (AvgIpc) is 2.81. The summed E-state index contributed by atoms with van der Waals surface area (Å²) in [6, 6.07) is 11.8. The highest BCUT2D eigenvalue weighted by molar-refractivity contribution is 5.75. The third-order valence-electron chi connectivity index (χ3n) is 5.68. The van der Waals surface area contributed by atoms with Gasteiger partial charge in [-0.15, -0.1) is 0 Å². The Kier molecular flexibility index (Phi) is 6.82. The summed E-state index contributed by atoms with van der Waals surface area (Å²) in [7, 11) is 0. The minimum absolute atomic E-state index is 0.0149. The molecular formula is C26H25F3O3. The topological polar surface area (TPSA) is 27.7 Å². The van der Waals surface area contributed by atoms with Gasteiger partial charge in [0, 0.05) is 11.5 Å². The molecule has 168 valence electrons. The molecule has 0 aromatic heterocycles. The molecular weight excluding hydrogens is 417 g/mol. The SMILES string of the molecule is C=CCOC1=CC=C(c2ccc(-c3ccc(C4COC(C)OC4)cc3F)cc2)C(F)C1F. The van der Waals surface area contributed by atoms with Crippen LogP contribution in [-0.4, -0.2) is 38.5 Å². The van der Waals surface area contributed by atoms with E-state index in [0.29, 0.717) is 29.9 Å². The quantitative estimate of drug-likeness (QED) is 0.504. The van der Waals surface area contributed by atoms with E-state index >= 15 is 0 Å². The first-order valence-electron chi connectivity index (χ1n) is 10.5. The first-order valence-corrected chi connectivity index (χ1v) is 10.5. The Morgan fingerprint density at radius 3 is 2.34 bits per heavy atom. The number of hydrogen-bond acceptors (Lipinski definition) is 3. The van der Waals surface area contributed by atoms with Crippen LogP contribution in [0.3, 0.4) is 0 Å². The lowest BCUT2D eigenvalue weighted by molar-refractivity contribution is -0.176. The van der Waals surface area contributed by atoms with E-state index in [0.717, 1.165) is 5.56 Å². The van der Waals surface area contributed by atoms with Gasteiger partial charge < -0.3 is 14.2 Å². The summed E-state index contributed by atoms with van der Waals surface area (Å²) < 4.78 is 60.1. The summed E-state index contributed by atoms with van der Waals surface area (Å²) in [4.78, 5) is 0. The highest BCUT2D eigenvalue weighted by Gasteiger charge is 2.32. The summed E-state index contributed by atoms with van der Waals surface area (Å²) in [5, 5.41) is 0. The van der Waals surface area contributed by atoms with Gasteiger partial charge in [0.05, 0.1) is 13.2 Å². The zero-order valence-corrected chi connectivity index (χ0v) is 17.8. The van der Waals surface area contributed by atoms with E-state index in [2.05, 4.69) is 6.58 Å². The van der Waals surface area contributed by atoms with Gasteiger partial charge in [-0.3, -0.25) is 0 Å². The second kappa shape index (κ2) is 9.76. The standard InChI is InChI=1S/C26H25F3O3/c1-3-12-30-24-11-10-22(25(28)26(24)29)18-6-4-17(5-7-18)21-9-8-19(13-23(21)27)20-14-31-16(2)32-15-20/h3-11,13,16,20,25-26H,1,12,14-15H2,2H3. The van der Waals surface area contributed by atoms with Crippen LogP contribution < -0.4 is 0 Å². The molecule has 0 saturated carbocycles. The van der Waals surface area contributed by atoms with Gasteiger partial charge in [0.15, 0.2) is 18.6 Å². The number of hydrogen-bond donors (Lipinski definition) is 0. The molecule has 0 radical (unpaired) electrons. The summed E-state index contributed by atoms with van der Waals surface area (Å²) >= 11 is 0. The fraction of sp³-hybridized carbons (Fsp3) is 0.308. The maximum atomic E-state index is 14.8. The molecule has 1 aliphatic heterocycles. The lowest BCUT2D eigenvalue weighted by Crippen LogP contribution is -2.28. The van der Waals surface area contributed by atoms with Crippen molar-refractivity contribution < 1.29 is 27.4 Å². The Morgan fingerprint density at radius 2 is 1.69 bits per heavy atom. The van der Waals surface area contributed by atoms with Gasteiger partial charge in [-0.25, -0.2) is 13.2 Å². The molecule has 32 heavy (non-hydrogen) atoms. The maximum Gasteiger partial charge on any atom is 0.192 e. The van der Waals surface area contributed by atoms with Crippen LogP contribution in [0, 0.1) is 5.82 Å². The molecule has 0 amide bonds. The fourth-order valence-corrected chi connectivity index (χ4v) is 3.85. The molecule has 0 bridgehead atoms. The normalized spacial score (nSPS) is 25.6. The van der Waals surface area contributed by atoms with Gasteiger partial charge in [0.1, 0.15) is 18.2 Å². The number of rotatable bonds is 6. The van der Waals surface area contributed by atoms with Crippen molar-refractivity contribution in [1.29, 1.82) is 0 Å². The summed E-state index contributed by atoms with van der Waals surface area (Å²) in [5.74, 6) is -0.424. The smallest absolute Gasteiger partial charge is 0.192 e. The molecule has 2 atom stereocenters. The van der Waals surface area contributed by atoms with Crippen molar-refractivity contribution in [2.75, 3.05) is 19.8 Å². The number of alkyl halides is 2. The molecule has 1 heterocycles. The first-order chi connectivity index (χ1) is 15.5. The number of benzene rings is 2. The Hall–Kier alpha value is -2.83. The average molecular weight is 442 g/mol. The minimum Gasteiger partial charge on any atom is -0.491 e. The van der Waals surface area contributed by atoms with Crippen molar-refractivity contribution in [2.24, 2.45) is 0 Å². The van der Waals surface area contributed by atoms with E-state index in [1.807, 2.05) is 13.0 Å². The third-order valence-corrected chi connectivity index (χ3v) is 5.68. The van der Waals surface area contributed by atoms with Crippen LogP contribution in [0.2, 0.25) is 0 Å². The van der Waals surface area contributed by atoms with Gasteiger partial charge in [-0.2, -0.15) is 0 Å². The van der Waals surface area contributed by atoms with Crippen molar-refractivity contribution in [1.82, 2.24) is 0 Å². The second-order valence-corrected chi connectivity index (χ2v) is 7.84. The Morgan fingerprint density at radius 1 is 1.00 bits per heavy atom. The largest absolute Gasteiger partial charge is 0.491 e. The van der Waals surface area contributed by atoms with E-state index in [1.165, 1.54) is 24.3 Å². The van der Waals surface area contributed by atoms with Crippen molar-refractivity contribution in [3.8, 4) is 11.1 Å². The zero-order valence-electron chi connectivity index (χ0n) is 17.8. The molecule has 3 nitrogen and oxygen atoms in total. The number of halogens is 3. The molecule has 0 spiro atoms. The summed E-state index contributed by atoms with van der Waals surface area (Å²) in [6.07, 6.45) is 0.456. The van der Waals surface area contributed by atoms with Gasteiger partial charge in [0.25, 0.3) is 0 Å². The van der Waals surface area contributed by atoms with E-state index in [1.54, 1.807) is 30.3 Å². The highest BCUT2D eigenvalue weighted by atomic mass is 19.2. The molecule has 2 aliphatic rings. The molecule has 2 aromatic rings. The number of allylic oxidation sites excluding steroid dienone is 4. The van der Waals surface area contributed by atoms with Gasteiger partial charge in [0.2, 0.25) is 0 Å². The van der Waals surface area contributed by atoms with Gasteiger partial charge >= 0.3 is 0 Å². The van der Waals surface area contributed by atoms with Crippen LogP contribution in [0.25, 0.3) is 16.7 Å². The zero-order chi connectivity index (χ0) is 22.7. The van der Waals surface area contributed by atoms with E-state index in [-0.39, 0.29) is 36.0 Å². The monoisotopic (exact) mass is 442 g/mol. The van der Waals surface area contributed by atoms with Gasteiger partial charge in [-0.1, -0.05) is 55.1 Å². The van der Waals surface area contributed by atoms with Crippen LogP contribution in [-0.2, 0) is 14.2 Å². The highest BCUT2D eigenvalue weighted by Crippen LogP contribution is 2.34. The predicted octanol–water partition coefficient (Wildman–Crippen LogP) is 6.13. The van der Waals surface area contributed by atoms with Crippen LogP contribution in [0.5, 0.6) is 0 Å². The van der Waals surface area contributed by atoms with Crippen LogP contribution in [0.4, 0.5) is 13.2 Å². The second-order valence-electron chi connectivity index (χ2n) is 7.84. The molecule has 4 rings (SSSR count). The summed E-state index contributed by atoms with van der Waals surface area (Å²) in [6.45, 7) is 6.41. The molecule has 6 heteroatoms. The molecule has 0 N–H and O–H groups in total. The van der Waals surface area contributed by atoms with E-state index < -0.39 is 12.3 Å². The van der Waals surface area contributed by atoms with Crippen LogP contribution in [0.1, 0.15) is 24.0 Å².